The number of rotatable bonds is 3. The first kappa shape index (κ1) is 14.8. The Kier molecular flexibility index (Phi) is 3.91. The molecule has 4 rings (SSSR count). The van der Waals surface area contributed by atoms with E-state index in [1.54, 1.807) is 0 Å². The summed E-state index contributed by atoms with van der Waals surface area (Å²) >= 11 is 0. The number of benzene rings is 2. The van der Waals surface area contributed by atoms with Crippen molar-refractivity contribution in [2.45, 2.75) is 32.0 Å². The van der Waals surface area contributed by atoms with Gasteiger partial charge in [-0.1, -0.05) is 42.5 Å². The molecule has 2 N–H and O–H groups in total. The zero-order valence-electron chi connectivity index (χ0n) is 13.4. The average Bonchev–Trinajstić information content (AvgIpc) is 3.07. The summed E-state index contributed by atoms with van der Waals surface area (Å²) in [5.74, 6) is 0. The monoisotopic (exact) mass is 320 g/mol. The molecule has 5 heteroatoms. The second kappa shape index (κ2) is 6.35. The van der Waals surface area contributed by atoms with Crippen LogP contribution in [0.4, 0.5) is 4.79 Å². The Hall–Kier alpha value is -2.82. The van der Waals surface area contributed by atoms with Crippen LogP contribution in [-0.4, -0.2) is 21.9 Å². The van der Waals surface area contributed by atoms with E-state index < -0.39 is 0 Å². The second-order valence-corrected chi connectivity index (χ2v) is 6.20. The van der Waals surface area contributed by atoms with Crippen molar-refractivity contribution in [2.75, 3.05) is 0 Å². The van der Waals surface area contributed by atoms with E-state index in [1.807, 2.05) is 35.1 Å². The predicted molar refractivity (Wildman–Crippen MR) is 93.7 cm³/mol. The maximum Gasteiger partial charge on any atom is 0.315 e. The molecule has 1 aromatic heterocycles. The maximum atomic E-state index is 12.2. The molecule has 24 heavy (non-hydrogen) atoms. The van der Waals surface area contributed by atoms with Crippen LogP contribution < -0.4 is 10.6 Å². The van der Waals surface area contributed by atoms with Gasteiger partial charge in [0.2, 0.25) is 0 Å². The molecule has 3 aromatic rings. The van der Waals surface area contributed by atoms with Crippen LogP contribution in [0.1, 0.15) is 17.7 Å². The normalized spacial score (nSPS) is 16.6. The molecule has 5 nitrogen and oxygen atoms in total. The number of nitrogens with one attached hydrogen (secondary N) is 2. The van der Waals surface area contributed by atoms with E-state index in [1.165, 1.54) is 16.5 Å². The zero-order chi connectivity index (χ0) is 16.4. The Morgan fingerprint density at radius 2 is 2.04 bits per heavy atom. The Morgan fingerprint density at radius 3 is 3.00 bits per heavy atom. The van der Waals surface area contributed by atoms with Crippen LogP contribution in [0.5, 0.6) is 0 Å². The van der Waals surface area contributed by atoms with Gasteiger partial charge < -0.3 is 10.6 Å². The van der Waals surface area contributed by atoms with Gasteiger partial charge in [-0.15, -0.1) is 0 Å². The van der Waals surface area contributed by atoms with Crippen LogP contribution in [-0.2, 0) is 19.5 Å². The Morgan fingerprint density at radius 1 is 1.17 bits per heavy atom. The number of nitrogens with zero attached hydrogens (tertiary/aromatic N) is 2. The lowest BCUT2D eigenvalue weighted by Crippen LogP contribution is -2.45. The summed E-state index contributed by atoms with van der Waals surface area (Å²) in [4.78, 5) is 12.2. The number of amides is 2. The molecule has 0 fully saturated rings. The van der Waals surface area contributed by atoms with E-state index in [-0.39, 0.29) is 12.1 Å². The van der Waals surface area contributed by atoms with Crippen molar-refractivity contribution < 1.29 is 4.79 Å². The number of carbonyl (C=O) groups is 1. The van der Waals surface area contributed by atoms with Crippen LogP contribution in [0.15, 0.2) is 54.7 Å². The number of hydrogen-bond donors (Lipinski definition) is 2. The van der Waals surface area contributed by atoms with E-state index in [2.05, 4.69) is 40.0 Å². The number of urea groups is 1. The van der Waals surface area contributed by atoms with Gasteiger partial charge in [0.05, 0.1) is 0 Å². The number of hydrogen-bond acceptors (Lipinski definition) is 2. The van der Waals surface area contributed by atoms with E-state index >= 15 is 0 Å². The lowest BCUT2D eigenvalue weighted by molar-refractivity contribution is 0.233. The first-order valence-electron chi connectivity index (χ1n) is 8.31. The fraction of sp³-hybridized carbons (Fsp3) is 0.263. The fourth-order valence-corrected chi connectivity index (χ4v) is 3.35. The SMILES string of the molecule is O=C(NCc1cccc2ccccc12)N[C@H]1CCn2nccc2C1. The van der Waals surface area contributed by atoms with E-state index in [4.69, 9.17) is 0 Å². The molecule has 0 aliphatic carbocycles. The van der Waals surface area contributed by atoms with Gasteiger partial charge in [0.15, 0.2) is 0 Å². The van der Waals surface area contributed by atoms with Crippen LogP contribution >= 0.6 is 0 Å². The molecule has 1 aliphatic heterocycles. The Labute approximate surface area is 140 Å². The van der Waals surface area contributed by atoms with Gasteiger partial charge in [-0.2, -0.15) is 5.10 Å². The molecule has 0 unspecified atom stereocenters. The molecule has 0 spiro atoms. The topological polar surface area (TPSA) is 59.0 Å². The lowest BCUT2D eigenvalue weighted by Gasteiger charge is -2.24. The van der Waals surface area contributed by atoms with Gasteiger partial charge in [0, 0.05) is 37.4 Å². The van der Waals surface area contributed by atoms with Gasteiger partial charge in [-0.25, -0.2) is 4.79 Å². The van der Waals surface area contributed by atoms with Crippen molar-refractivity contribution in [3.05, 3.63) is 66.0 Å². The summed E-state index contributed by atoms with van der Waals surface area (Å²) < 4.78 is 2.01. The maximum absolute atomic E-state index is 12.2. The Bertz CT molecular complexity index is 865. The third-order valence-electron chi connectivity index (χ3n) is 4.60. The molecule has 0 saturated heterocycles. The van der Waals surface area contributed by atoms with Gasteiger partial charge in [0.1, 0.15) is 0 Å². The summed E-state index contributed by atoms with van der Waals surface area (Å²) in [7, 11) is 0. The highest BCUT2D eigenvalue weighted by Crippen LogP contribution is 2.18. The van der Waals surface area contributed by atoms with Crippen molar-refractivity contribution in [1.29, 1.82) is 0 Å². The highest BCUT2D eigenvalue weighted by Gasteiger charge is 2.20. The minimum atomic E-state index is -0.110. The van der Waals surface area contributed by atoms with Gasteiger partial charge in [0.25, 0.3) is 0 Å². The van der Waals surface area contributed by atoms with Crippen molar-refractivity contribution in [3.63, 3.8) is 0 Å². The third-order valence-corrected chi connectivity index (χ3v) is 4.60. The smallest absolute Gasteiger partial charge is 0.315 e. The molecule has 2 amide bonds. The van der Waals surface area contributed by atoms with Gasteiger partial charge in [-0.05, 0) is 28.8 Å². The molecule has 1 aliphatic rings. The average molecular weight is 320 g/mol. The summed E-state index contributed by atoms with van der Waals surface area (Å²) in [6, 6.07) is 16.5. The van der Waals surface area contributed by atoms with E-state index in [0.29, 0.717) is 6.54 Å². The molecular weight excluding hydrogens is 300 g/mol. The number of aryl methyl sites for hydroxylation is 1. The highest BCUT2D eigenvalue weighted by atomic mass is 16.2. The molecule has 2 aromatic carbocycles. The molecule has 0 bridgehead atoms. The first-order valence-corrected chi connectivity index (χ1v) is 8.31. The van der Waals surface area contributed by atoms with E-state index in [9.17, 15) is 4.79 Å². The van der Waals surface area contributed by atoms with Crippen LogP contribution in [0, 0.1) is 0 Å². The van der Waals surface area contributed by atoms with Crippen molar-refractivity contribution in [2.24, 2.45) is 0 Å². The van der Waals surface area contributed by atoms with Gasteiger partial charge >= 0.3 is 6.03 Å². The summed E-state index contributed by atoms with van der Waals surface area (Å²) in [6.45, 7) is 1.38. The van der Waals surface area contributed by atoms with Crippen LogP contribution in [0.25, 0.3) is 10.8 Å². The molecule has 2 heterocycles. The van der Waals surface area contributed by atoms with Crippen LogP contribution in [0.2, 0.25) is 0 Å². The van der Waals surface area contributed by atoms with Crippen molar-refractivity contribution in [3.8, 4) is 0 Å². The van der Waals surface area contributed by atoms with Crippen molar-refractivity contribution in [1.82, 2.24) is 20.4 Å². The van der Waals surface area contributed by atoms with Crippen LogP contribution in [0.3, 0.4) is 0 Å². The minimum absolute atomic E-state index is 0.110. The second-order valence-electron chi connectivity index (χ2n) is 6.20. The van der Waals surface area contributed by atoms with Gasteiger partial charge in [-0.3, -0.25) is 4.68 Å². The third kappa shape index (κ3) is 2.97. The van der Waals surface area contributed by atoms with Crippen molar-refractivity contribution >= 4 is 16.8 Å². The molecule has 1 atom stereocenters. The molecule has 0 saturated carbocycles. The number of aromatic nitrogens is 2. The largest absolute Gasteiger partial charge is 0.335 e. The number of carbonyl (C=O) groups excluding carboxylic acids is 1. The lowest BCUT2D eigenvalue weighted by atomic mass is 10.0. The molecule has 0 radical (unpaired) electrons. The Balaban J connectivity index is 1.37. The summed E-state index contributed by atoms with van der Waals surface area (Å²) in [5.41, 5.74) is 2.31. The highest BCUT2D eigenvalue weighted by molar-refractivity contribution is 5.86. The standard InChI is InChI=1S/C19H20N4O/c24-19(22-16-9-11-23-17(12-16)8-10-21-23)20-13-15-6-3-5-14-4-1-2-7-18(14)15/h1-8,10,16H,9,11-13H2,(H2,20,22,24)/t16-/m0/s1. The fourth-order valence-electron chi connectivity index (χ4n) is 3.35. The first-order chi connectivity index (χ1) is 11.8. The van der Waals surface area contributed by atoms with E-state index in [0.717, 1.165) is 24.9 Å². The minimum Gasteiger partial charge on any atom is -0.335 e. The summed E-state index contributed by atoms with van der Waals surface area (Å²) in [6.07, 6.45) is 3.57. The predicted octanol–water partition coefficient (Wildman–Crippen LogP) is 2.85. The number of fused-ring (bicyclic) bond motifs is 2. The summed E-state index contributed by atoms with van der Waals surface area (Å²) in [5, 5.41) is 12.7. The molecular formula is C19H20N4O. The zero-order valence-corrected chi connectivity index (χ0v) is 13.4. The molecule has 122 valence electrons. The quantitative estimate of drug-likeness (QED) is 0.779.